The van der Waals surface area contributed by atoms with Crippen LogP contribution in [0.5, 0.6) is 0 Å². The third-order valence-corrected chi connectivity index (χ3v) is 4.07. The number of halogens is 2. The highest BCUT2D eigenvalue weighted by molar-refractivity contribution is 7.84. The van der Waals surface area contributed by atoms with E-state index >= 15 is 0 Å². The fourth-order valence-corrected chi connectivity index (χ4v) is 1.44. The van der Waals surface area contributed by atoms with Gasteiger partial charge in [-0.15, -0.1) is 0 Å². The summed E-state index contributed by atoms with van der Waals surface area (Å²) in [5.41, 5.74) is 1.67. The molecular weight excluding hydrogens is 311 g/mol. The van der Waals surface area contributed by atoms with Crippen LogP contribution in [-0.4, -0.2) is 13.9 Å². The normalized spacial score (nSPS) is 12.1. The van der Waals surface area contributed by atoms with Crippen LogP contribution in [0.15, 0.2) is 19.2 Å². The van der Waals surface area contributed by atoms with Gasteiger partial charge in [0.05, 0.1) is 15.7 Å². The Balaban J connectivity index is 0.000000486. The summed E-state index contributed by atoms with van der Waals surface area (Å²) in [5.74, 6) is -0.593. The van der Waals surface area contributed by atoms with Crippen LogP contribution in [-0.2, 0) is 17.4 Å². The number of hydrogen-bond acceptors (Lipinski definition) is 2. The van der Waals surface area contributed by atoms with Crippen molar-refractivity contribution in [2.45, 2.75) is 38.9 Å². The van der Waals surface area contributed by atoms with Crippen molar-refractivity contribution in [3.63, 3.8) is 0 Å². The summed E-state index contributed by atoms with van der Waals surface area (Å²) in [7, 11) is -1.18. The van der Waals surface area contributed by atoms with Gasteiger partial charge in [-0.3, -0.25) is 5.14 Å². The first kappa shape index (κ1) is 20.0. The van der Waals surface area contributed by atoms with Crippen molar-refractivity contribution >= 4 is 34.5 Å². The van der Waals surface area contributed by atoms with E-state index in [0.717, 1.165) is 12.0 Å². The number of rotatable bonds is 3. The Kier molecular flexibility index (Phi) is 8.00. The molecule has 21 heavy (non-hydrogen) atoms. The highest BCUT2D eigenvalue weighted by Gasteiger charge is 2.14. The first-order valence-electron chi connectivity index (χ1n) is 6.37. The van der Waals surface area contributed by atoms with E-state index in [1.807, 2.05) is 27.7 Å². The second-order valence-electron chi connectivity index (χ2n) is 5.25. The third kappa shape index (κ3) is 6.50. The fourth-order valence-electron chi connectivity index (χ4n) is 1.17. The largest absolute Gasteiger partial charge is 0.251 e. The molecule has 6 heteroatoms. The second kappa shape index (κ2) is 8.41. The Morgan fingerprint density at radius 3 is 2.33 bits per heavy atom. The van der Waals surface area contributed by atoms with E-state index < -0.39 is 16.8 Å². The number of aromatic nitrogens is 1. The Morgan fingerprint density at radius 2 is 2.05 bits per heavy atom. The zero-order valence-electron chi connectivity index (χ0n) is 12.9. The second-order valence-corrected chi connectivity index (χ2v) is 7.43. The Hall–Kier alpha value is -1.04. The molecule has 3 nitrogen and oxygen atoms in total. The molecule has 0 aromatic carbocycles. The maximum Gasteiger partial charge on any atom is 0.142 e. The van der Waals surface area contributed by atoms with Crippen LogP contribution in [0.25, 0.3) is 11.9 Å². The van der Waals surface area contributed by atoms with E-state index in [0.29, 0.717) is 10.7 Å². The molecule has 0 aliphatic carbocycles. The molecule has 118 valence electrons. The molecule has 1 atom stereocenters. The predicted octanol–water partition coefficient (Wildman–Crippen LogP) is 4.29. The van der Waals surface area contributed by atoms with E-state index in [1.165, 1.54) is 0 Å². The molecule has 0 saturated heterocycles. The smallest absolute Gasteiger partial charge is 0.142 e. The van der Waals surface area contributed by atoms with Crippen LogP contribution >= 0.6 is 11.6 Å². The lowest BCUT2D eigenvalue weighted by Crippen LogP contribution is -2.27. The Morgan fingerprint density at radius 1 is 1.57 bits per heavy atom. The van der Waals surface area contributed by atoms with Gasteiger partial charge < -0.3 is 0 Å². The van der Waals surface area contributed by atoms with Gasteiger partial charge in [-0.1, -0.05) is 37.8 Å². The molecule has 1 unspecified atom stereocenters. The zero-order chi connectivity index (χ0) is 16.8. The summed E-state index contributed by atoms with van der Waals surface area (Å²) in [6, 6.07) is 1.78. The minimum absolute atomic E-state index is 0.169. The fraction of sp³-hybridized carbons (Fsp3) is 0.400. The summed E-state index contributed by atoms with van der Waals surface area (Å²) < 4.78 is 23.0. The molecule has 2 N–H and O–H groups in total. The van der Waals surface area contributed by atoms with E-state index in [-0.39, 0.29) is 10.4 Å². The molecule has 0 amide bonds. The zero-order valence-corrected chi connectivity index (χ0v) is 14.4. The van der Waals surface area contributed by atoms with Crippen molar-refractivity contribution in [1.29, 1.82) is 0 Å². The van der Waals surface area contributed by atoms with E-state index in [2.05, 4.69) is 18.1 Å². The molecular formula is C15H22ClFN2OS. The number of nitrogens with zero attached hydrogens (tertiary/aromatic N) is 1. The van der Waals surface area contributed by atoms with Gasteiger partial charge >= 0.3 is 0 Å². The monoisotopic (exact) mass is 332 g/mol. The minimum atomic E-state index is -1.18. The lowest BCUT2D eigenvalue weighted by atomic mass is 10.1. The van der Waals surface area contributed by atoms with Crippen molar-refractivity contribution in [2.24, 2.45) is 5.14 Å². The van der Waals surface area contributed by atoms with Gasteiger partial charge in [0.2, 0.25) is 0 Å². The summed E-state index contributed by atoms with van der Waals surface area (Å²) in [6.45, 7) is 14.3. The topological polar surface area (TPSA) is 56.0 Å². The number of aryl methyl sites for hydroxylation is 1. The van der Waals surface area contributed by atoms with Crippen molar-refractivity contribution < 1.29 is 8.60 Å². The molecule has 1 aromatic heterocycles. The lowest BCUT2D eigenvalue weighted by Gasteiger charge is -2.11. The molecule has 0 fully saturated rings. The van der Waals surface area contributed by atoms with Gasteiger partial charge in [0, 0.05) is 5.56 Å². The average Bonchev–Trinajstić information content (AvgIpc) is 2.37. The quantitative estimate of drug-likeness (QED) is 0.839. The summed E-state index contributed by atoms with van der Waals surface area (Å²) >= 11 is 5.85. The molecule has 1 rings (SSSR count). The minimum Gasteiger partial charge on any atom is -0.251 e. The van der Waals surface area contributed by atoms with Crippen LogP contribution in [0.2, 0.25) is 5.15 Å². The highest BCUT2D eigenvalue weighted by Crippen LogP contribution is 2.24. The van der Waals surface area contributed by atoms with Crippen LogP contribution in [0.4, 0.5) is 4.39 Å². The van der Waals surface area contributed by atoms with Gasteiger partial charge in [-0.25, -0.2) is 13.6 Å². The number of nitrogens with two attached hydrogens (primary N) is 1. The molecule has 0 bridgehead atoms. The van der Waals surface area contributed by atoms with E-state index in [4.69, 9.17) is 16.7 Å². The van der Waals surface area contributed by atoms with Crippen molar-refractivity contribution in [3.05, 3.63) is 41.2 Å². The molecule has 0 aliphatic heterocycles. The lowest BCUT2D eigenvalue weighted by molar-refractivity contribution is 0.650. The van der Waals surface area contributed by atoms with Crippen molar-refractivity contribution in [3.8, 4) is 0 Å². The van der Waals surface area contributed by atoms with Crippen LogP contribution < -0.4 is 5.14 Å². The Labute approximate surface area is 133 Å². The van der Waals surface area contributed by atoms with Gasteiger partial charge in [-0.05, 0) is 38.8 Å². The Bertz CT molecular complexity index is 553. The number of hydrogen-bond donors (Lipinski definition) is 1. The maximum absolute atomic E-state index is 12.9. The molecule has 0 saturated carbocycles. The van der Waals surface area contributed by atoms with Crippen molar-refractivity contribution in [2.75, 3.05) is 0 Å². The van der Waals surface area contributed by atoms with Gasteiger partial charge in [0.25, 0.3) is 0 Å². The number of pyridine rings is 1. The third-order valence-electron chi connectivity index (χ3n) is 2.54. The SMILES string of the molecule is C=Cc1cc(CC)c(Cl)nc1C(=C)F.CC(C)(C)S(N)=O. The molecule has 0 aliphatic rings. The van der Waals surface area contributed by atoms with Crippen LogP contribution in [0.1, 0.15) is 44.5 Å². The van der Waals surface area contributed by atoms with Crippen molar-refractivity contribution in [1.82, 2.24) is 4.98 Å². The standard InChI is InChI=1S/C11H11ClFN.C4H11NOS/c1-4-8-6-9(5-2)11(12)14-10(8)7(3)13;1-4(2,3)7(5)6/h4,6H,1,3,5H2,2H3;5H2,1-3H3. The van der Waals surface area contributed by atoms with Crippen LogP contribution in [0, 0.1) is 0 Å². The first-order valence-corrected chi connectivity index (χ1v) is 7.96. The average molecular weight is 333 g/mol. The van der Waals surface area contributed by atoms with Gasteiger partial charge in [0.1, 0.15) is 16.7 Å². The van der Waals surface area contributed by atoms with E-state index in [1.54, 1.807) is 12.1 Å². The highest BCUT2D eigenvalue weighted by atomic mass is 35.5. The van der Waals surface area contributed by atoms with E-state index in [9.17, 15) is 8.60 Å². The molecule has 1 heterocycles. The molecule has 0 spiro atoms. The molecule has 0 radical (unpaired) electrons. The summed E-state index contributed by atoms with van der Waals surface area (Å²) in [6.07, 6.45) is 2.30. The predicted molar refractivity (Wildman–Crippen MR) is 90.9 cm³/mol. The van der Waals surface area contributed by atoms with Crippen LogP contribution in [0.3, 0.4) is 0 Å². The summed E-state index contributed by atoms with van der Waals surface area (Å²) in [5, 5.41) is 5.37. The van der Waals surface area contributed by atoms with Gasteiger partial charge in [0.15, 0.2) is 0 Å². The molecule has 1 aromatic rings. The first-order chi connectivity index (χ1) is 9.54. The maximum atomic E-state index is 12.9. The van der Waals surface area contributed by atoms with Gasteiger partial charge in [-0.2, -0.15) is 0 Å². The summed E-state index contributed by atoms with van der Waals surface area (Å²) in [4.78, 5) is 3.93.